The van der Waals surface area contributed by atoms with Crippen LogP contribution >= 0.6 is 15.9 Å². The summed E-state index contributed by atoms with van der Waals surface area (Å²) in [6, 6.07) is 2.55. The number of benzene rings is 1. The van der Waals surface area contributed by atoms with Gasteiger partial charge in [-0.25, -0.2) is 9.18 Å². The van der Waals surface area contributed by atoms with Gasteiger partial charge in [0.25, 0.3) is 0 Å². The molecule has 0 heterocycles. The number of carbonyl (C=O) groups excluding carboxylic acids is 1. The van der Waals surface area contributed by atoms with E-state index in [9.17, 15) is 9.18 Å². The predicted molar refractivity (Wildman–Crippen MR) is 54.8 cm³/mol. The fraction of sp³-hybridized carbons (Fsp3) is 0.300. The van der Waals surface area contributed by atoms with Crippen molar-refractivity contribution in [1.82, 2.24) is 0 Å². The van der Waals surface area contributed by atoms with E-state index in [1.54, 1.807) is 13.8 Å². The van der Waals surface area contributed by atoms with Crippen molar-refractivity contribution >= 4 is 21.9 Å². The molecule has 0 amide bonds. The van der Waals surface area contributed by atoms with Crippen LogP contribution in [0.25, 0.3) is 0 Å². The lowest BCUT2D eigenvalue weighted by Gasteiger charge is -2.07. The second-order valence-electron chi connectivity index (χ2n) is 2.80. The maximum Gasteiger partial charge on any atom is 0.339 e. The molecule has 1 aromatic rings. The van der Waals surface area contributed by atoms with E-state index < -0.39 is 5.97 Å². The largest absolute Gasteiger partial charge is 0.462 e. The van der Waals surface area contributed by atoms with Gasteiger partial charge >= 0.3 is 5.97 Å². The van der Waals surface area contributed by atoms with Gasteiger partial charge in [-0.1, -0.05) is 0 Å². The maximum atomic E-state index is 12.9. The second kappa shape index (κ2) is 4.55. The van der Waals surface area contributed by atoms with Crippen molar-refractivity contribution in [2.45, 2.75) is 13.8 Å². The molecule has 0 aliphatic carbocycles. The van der Waals surface area contributed by atoms with E-state index in [1.165, 1.54) is 12.1 Å². The average Bonchev–Trinajstić information content (AvgIpc) is 2.01. The van der Waals surface area contributed by atoms with Crippen molar-refractivity contribution in [3.63, 3.8) is 0 Å². The minimum Gasteiger partial charge on any atom is -0.462 e. The topological polar surface area (TPSA) is 26.3 Å². The maximum absolute atomic E-state index is 12.9. The van der Waals surface area contributed by atoms with Gasteiger partial charge in [0.1, 0.15) is 5.82 Å². The SMILES string of the molecule is CCOC(=O)c1c(C)cc(F)cc1Br. The Bertz CT molecular complexity index is 340. The van der Waals surface area contributed by atoms with E-state index in [-0.39, 0.29) is 5.82 Å². The Hall–Kier alpha value is -0.900. The van der Waals surface area contributed by atoms with Crippen molar-refractivity contribution < 1.29 is 13.9 Å². The normalized spacial score (nSPS) is 10.0. The lowest BCUT2D eigenvalue weighted by atomic mass is 10.1. The molecular weight excluding hydrogens is 251 g/mol. The number of carbonyl (C=O) groups is 1. The summed E-state index contributed by atoms with van der Waals surface area (Å²) in [5.41, 5.74) is 0.948. The number of ether oxygens (including phenoxy) is 1. The van der Waals surface area contributed by atoms with Crippen LogP contribution in [0, 0.1) is 12.7 Å². The molecule has 0 fully saturated rings. The van der Waals surface area contributed by atoms with Crippen molar-refractivity contribution in [1.29, 1.82) is 0 Å². The molecule has 0 unspecified atom stereocenters. The zero-order valence-corrected chi connectivity index (χ0v) is 9.52. The minimum absolute atomic E-state index is 0.308. The molecule has 1 aromatic carbocycles. The summed E-state index contributed by atoms with van der Waals surface area (Å²) in [7, 11) is 0. The summed E-state index contributed by atoms with van der Waals surface area (Å²) in [4.78, 5) is 11.4. The third-order valence-corrected chi connectivity index (χ3v) is 2.36. The van der Waals surface area contributed by atoms with Gasteiger partial charge in [0, 0.05) is 4.47 Å². The third kappa shape index (κ3) is 2.32. The van der Waals surface area contributed by atoms with Gasteiger partial charge in [-0.15, -0.1) is 0 Å². The molecule has 0 spiro atoms. The number of rotatable bonds is 2. The second-order valence-corrected chi connectivity index (χ2v) is 3.65. The average molecular weight is 261 g/mol. The van der Waals surface area contributed by atoms with Crippen LogP contribution < -0.4 is 0 Å². The molecule has 0 saturated heterocycles. The standard InChI is InChI=1S/C10H10BrFO2/c1-3-14-10(13)9-6(2)4-7(12)5-8(9)11/h4-5H,3H2,1-2H3. The zero-order chi connectivity index (χ0) is 10.7. The van der Waals surface area contributed by atoms with E-state index in [4.69, 9.17) is 4.74 Å². The predicted octanol–water partition coefficient (Wildman–Crippen LogP) is 3.07. The molecule has 14 heavy (non-hydrogen) atoms. The van der Waals surface area contributed by atoms with E-state index in [1.807, 2.05) is 0 Å². The summed E-state index contributed by atoms with van der Waals surface area (Å²) in [5.74, 6) is -0.806. The molecule has 76 valence electrons. The highest BCUT2D eigenvalue weighted by Crippen LogP contribution is 2.22. The first-order valence-electron chi connectivity index (χ1n) is 4.19. The van der Waals surface area contributed by atoms with Gasteiger partial charge < -0.3 is 4.74 Å². The fourth-order valence-corrected chi connectivity index (χ4v) is 1.86. The smallest absolute Gasteiger partial charge is 0.339 e. The monoisotopic (exact) mass is 260 g/mol. The van der Waals surface area contributed by atoms with Gasteiger partial charge in [-0.05, 0) is 47.5 Å². The zero-order valence-electron chi connectivity index (χ0n) is 7.93. The van der Waals surface area contributed by atoms with Crippen molar-refractivity contribution in [3.8, 4) is 0 Å². The van der Waals surface area contributed by atoms with Crippen LogP contribution in [0.5, 0.6) is 0 Å². The van der Waals surface area contributed by atoms with Gasteiger partial charge in [0.05, 0.1) is 12.2 Å². The molecule has 0 aliphatic rings. The Kier molecular flexibility index (Phi) is 3.63. The van der Waals surface area contributed by atoms with E-state index >= 15 is 0 Å². The highest BCUT2D eigenvalue weighted by molar-refractivity contribution is 9.10. The minimum atomic E-state index is -0.433. The molecule has 1 rings (SSSR count). The highest BCUT2D eigenvalue weighted by Gasteiger charge is 2.15. The van der Waals surface area contributed by atoms with E-state index in [2.05, 4.69) is 15.9 Å². The van der Waals surface area contributed by atoms with Gasteiger partial charge in [-0.3, -0.25) is 0 Å². The Balaban J connectivity index is 3.14. The highest BCUT2D eigenvalue weighted by atomic mass is 79.9. The Morgan fingerprint density at radius 1 is 1.57 bits per heavy atom. The summed E-state index contributed by atoms with van der Waals surface area (Å²) in [6.45, 7) is 3.70. The first-order chi connectivity index (χ1) is 6.56. The first-order valence-corrected chi connectivity index (χ1v) is 4.98. The summed E-state index contributed by atoms with van der Waals surface area (Å²) < 4.78 is 18.1. The molecule has 0 aromatic heterocycles. The van der Waals surface area contributed by atoms with Gasteiger partial charge in [0.2, 0.25) is 0 Å². The molecule has 0 atom stereocenters. The number of hydrogen-bond acceptors (Lipinski definition) is 2. The Morgan fingerprint density at radius 2 is 2.21 bits per heavy atom. The molecule has 4 heteroatoms. The van der Waals surface area contributed by atoms with Crippen LogP contribution in [0.4, 0.5) is 4.39 Å². The fourth-order valence-electron chi connectivity index (χ4n) is 1.16. The number of aryl methyl sites for hydroxylation is 1. The molecule has 0 radical (unpaired) electrons. The number of hydrogen-bond donors (Lipinski definition) is 0. The van der Waals surface area contributed by atoms with E-state index in [0.29, 0.717) is 22.2 Å². The van der Waals surface area contributed by atoms with Crippen LogP contribution in [0.3, 0.4) is 0 Å². The van der Waals surface area contributed by atoms with Crippen LogP contribution in [-0.4, -0.2) is 12.6 Å². The van der Waals surface area contributed by atoms with Crippen molar-refractivity contribution in [2.75, 3.05) is 6.61 Å². The van der Waals surface area contributed by atoms with Crippen LogP contribution in [0.2, 0.25) is 0 Å². The lowest BCUT2D eigenvalue weighted by Crippen LogP contribution is -2.08. The number of halogens is 2. The molecule has 0 bridgehead atoms. The molecule has 0 N–H and O–H groups in total. The Labute approximate surface area is 90.2 Å². The van der Waals surface area contributed by atoms with Crippen LogP contribution in [-0.2, 0) is 4.74 Å². The molecular formula is C10H10BrFO2. The van der Waals surface area contributed by atoms with Crippen molar-refractivity contribution in [2.24, 2.45) is 0 Å². The van der Waals surface area contributed by atoms with Gasteiger partial charge in [-0.2, -0.15) is 0 Å². The molecule has 2 nitrogen and oxygen atoms in total. The van der Waals surface area contributed by atoms with Gasteiger partial charge in [0.15, 0.2) is 0 Å². The molecule has 0 saturated carbocycles. The summed E-state index contributed by atoms with van der Waals surface area (Å²) >= 11 is 3.13. The quantitative estimate of drug-likeness (QED) is 0.765. The lowest BCUT2D eigenvalue weighted by molar-refractivity contribution is 0.0524. The van der Waals surface area contributed by atoms with Crippen LogP contribution in [0.1, 0.15) is 22.8 Å². The summed E-state index contributed by atoms with van der Waals surface area (Å²) in [5, 5.41) is 0. The summed E-state index contributed by atoms with van der Waals surface area (Å²) in [6.07, 6.45) is 0. The van der Waals surface area contributed by atoms with Crippen LogP contribution in [0.15, 0.2) is 16.6 Å². The first kappa shape index (κ1) is 11.2. The molecule has 0 aliphatic heterocycles. The Morgan fingerprint density at radius 3 is 2.71 bits per heavy atom. The van der Waals surface area contributed by atoms with E-state index in [0.717, 1.165) is 0 Å². The van der Waals surface area contributed by atoms with Crippen molar-refractivity contribution in [3.05, 3.63) is 33.5 Å². The number of esters is 1. The third-order valence-electron chi connectivity index (χ3n) is 1.73.